The number of carbonyl (C=O) groups excluding carboxylic acids is 1. The normalized spacial score (nSPS) is 46.6. The molecule has 0 aromatic carbocycles. The van der Waals surface area contributed by atoms with E-state index in [2.05, 4.69) is 0 Å². The van der Waals surface area contributed by atoms with Crippen molar-refractivity contribution in [2.24, 2.45) is 17.8 Å². The van der Waals surface area contributed by atoms with E-state index in [-0.39, 0.29) is 11.2 Å². The molecule has 0 radical (unpaired) electrons. The molecule has 0 aromatic rings. The number of halogens is 1. The summed E-state index contributed by atoms with van der Waals surface area (Å²) < 4.78 is 5.08. The van der Waals surface area contributed by atoms with Crippen molar-refractivity contribution in [3.05, 3.63) is 0 Å². The van der Waals surface area contributed by atoms with E-state index in [1.54, 1.807) is 0 Å². The highest BCUT2D eigenvalue weighted by Crippen LogP contribution is 2.51. The molecular formula is C6H7ClO2. The fraction of sp³-hybridized carbons (Fsp3) is 0.833. The summed E-state index contributed by atoms with van der Waals surface area (Å²) >= 11 is 5.28. The Morgan fingerprint density at radius 3 is 2.33 bits per heavy atom. The topological polar surface area (TPSA) is 26.3 Å². The molecule has 2 aliphatic rings. The van der Waals surface area contributed by atoms with E-state index in [1.165, 1.54) is 0 Å². The summed E-state index contributed by atoms with van der Waals surface area (Å²) in [4.78, 5) is 10.5. The van der Waals surface area contributed by atoms with Gasteiger partial charge in [-0.2, -0.15) is 0 Å². The first-order chi connectivity index (χ1) is 4.30. The fourth-order valence-electron chi connectivity index (χ4n) is 1.58. The smallest absolute Gasteiger partial charge is 0.225 e. The predicted molar refractivity (Wildman–Crippen MR) is 32.1 cm³/mol. The van der Waals surface area contributed by atoms with Gasteiger partial charge in [-0.25, -0.2) is 0 Å². The van der Waals surface area contributed by atoms with Gasteiger partial charge >= 0.3 is 0 Å². The van der Waals surface area contributed by atoms with Gasteiger partial charge in [-0.05, 0) is 23.4 Å². The third-order valence-electron chi connectivity index (χ3n) is 2.21. The fourth-order valence-corrected chi connectivity index (χ4v) is 1.90. The minimum Gasteiger partial charge on any atom is -0.381 e. The lowest BCUT2D eigenvalue weighted by atomic mass is 10.3. The van der Waals surface area contributed by atoms with E-state index in [1.807, 2.05) is 0 Å². The van der Waals surface area contributed by atoms with Crippen LogP contribution in [0.2, 0.25) is 0 Å². The van der Waals surface area contributed by atoms with E-state index >= 15 is 0 Å². The Balaban J connectivity index is 2.02. The van der Waals surface area contributed by atoms with Gasteiger partial charge in [0.15, 0.2) is 0 Å². The highest BCUT2D eigenvalue weighted by atomic mass is 35.5. The molecule has 1 aliphatic carbocycles. The van der Waals surface area contributed by atoms with Crippen LogP contribution >= 0.6 is 11.6 Å². The lowest BCUT2D eigenvalue weighted by Crippen LogP contribution is -2.02. The molecule has 1 aliphatic heterocycles. The van der Waals surface area contributed by atoms with Crippen LogP contribution in [0.1, 0.15) is 0 Å². The van der Waals surface area contributed by atoms with Crippen LogP contribution < -0.4 is 0 Å². The van der Waals surface area contributed by atoms with Gasteiger partial charge < -0.3 is 4.74 Å². The van der Waals surface area contributed by atoms with Crippen molar-refractivity contribution >= 4 is 16.8 Å². The zero-order valence-corrected chi connectivity index (χ0v) is 5.60. The predicted octanol–water partition coefficient (Wildman–Crippen LogP) is 0.644. The summed E-state index contributed by atoms with van der Waals surface area (Å²) in [5.41, 5.74) is 0. The Hall–Kier alpha value is -0.0800. The van der Waals surface area contributed by atoms with Gasteiger partial charge in [-0.3, -0.25) is 4.79 Å². The third kappa shape index (κ3) is 0.700. The third-order valence-corrected chi connectivity index (χ3v) is 2.47. The number of hydrogen-bond acceptors (Lipinski definition) is 2. The summed E-state index contributed by atoms with van der Waals surface area (Å²) in [6.45, 7) is 1.49. The van der Waals surface area contributed by atoms with E-state index in [9.17, 15) is 4.79 Å². The molecule has 2 rings (SSSR count). The molecule has 3 heteroatoms. The van der Waals surface area contributed by atoms with Gasteiger partial charge in [0.2, 0.25) is 5.24 Å². The zero-order valence-electron chi connectivity index (χ0n) is 4.84. The van der Waals surface area contributed by atoms with Gasteiger partial charge in [0.05, 0.1) is 13.2 Å². The highest BCUT2D eigenvalue weighted by Gasteiger charge is 2.57. The van der Waals surface area contributed by atoms with Crippen molar-refractivity contribution in [2.75, 3.05) is 13.2 Å². The van der Waals surface area contributed by atoms with Gasteiger partial charge in [0.1, 0.15) is 0 Å². The maximum absolute atomic E-state index is 10.5. The first kappa shape index (κ1) is 5.69. The van der Waals surface area contributed by atoms with Crippen LogP contribution in [0.4, 0.5) is 0 Å². The Morgan fingerprint density at radius 1 is 1.44 bits per heavy atom. The van der Waals surface area contributed by atoms with Crippen molar-refractivity contribution in [2.45, 2.75) is 0 Å². The average molecular weight is 147 g/mol. The molecule has 0 bridgehead atoms. The summed E-state index contributed by atoms with van der Waals surface area (Å²) in [7, 11) is 0. The summed E-state index contributed by atoms with van der Waals surface area (Å²) in [5.74, 6) is 1.07. The molecule has 0 N–H and O–H groups in total. The SMILES string of the molecule is O=C(Cl)C1C2COCC21. The van der Waals surface area contributed by atoms with Crippen LogP contribution in [-0.4, -0.2) is 18.5 Å². The molecule has 0 spiro atoms. The Kier molecular flexibility index (Phi) is 1.08. The monoisotopic (exact) mass is 146 g/mol. The van der Waals surface area contributed by atoms with Crippen LogP contribution in [0.25, 0.3) is 0 Å². The van der Waals surface area contributed by atoms with Crippen LogP contribution in [0, 0.1) is 17.8 Å². The van der Waals surface area contributed by atoms with Crippen molar-refractivity contribution in [1.29, 1.82) is 0 Å². The van der Waals surface area contributed by atoms with E-state index in [0.29, 0.717) is 11.8 Å². The molecule has 1 heterocycles. The Bertz CT molecular complexity index is 147. The standard InChI is InChI=1S/C6H7ClO2/c7-6(8)5-3-1-9-2-4(3)5/h3-5H,1-2H2. The lowest BCUT2D eigenvalue weighted by molar-refractivity contribution is -0.113. The minimum atomic E-state index is -0.173. The Morgan fingerprint density at radius 2 is 2.00 bits per heavy atom. The highest BCUT2D eigenvalue weighted by molar-refractivity contribution is 6.64. The summed E-state index contributed by atoms with van der Waals surface area (Å²) in [6.07, 6.45) is 0. The number of hydrogen-bond donors (Lipinski definition) is 0. The second-order valence-electron chi connectivity index (χ2n) is 2.70. The maximum Gasteiger partial charge on any atom is 0.225 e. The van der Waals surface area contributed by atoms with E-state index < -0.39 is 0 Å². The largest absolute Gasteiger partial charge is 0.381 e. The van der Waals surface area contributed by atoms with Crippen LogP contribution in [0.15, 0.2) is 0 Å². The number of rotatable bonds is 1. The first-order valence-electron chi connectivity index (χ1n) is 3.08. The molecule has 9 heavy (non-hydrogen) atoms. The van der Waals surface area contributed by atoms with Crippen LogP contribution in [0.3, 0.4) is 0 Å². The molecule has 0 aromatic heterocycles. The quantitative estimate of drug-likeness (QED) is 0.508. The molecule has 2 atom stereocenters. The van der Waals surface area contributed by atoms with Crippen molar-refractivity contribution in [3.63, 3.8) is 0 Å². The van der Waals surface area contributed by atoms with E-state index in [0.717, 1.165) is 13.2 Å². The second kappa shape index (κ2) is 1.70. The zero-order chi connectivity index (χ0) is 6.43. The molecule has 50 valence electrons. The van der Waals surface area contributed by atoms with Gasteiger partial charge in [0, 0.05) is 5.92 Å². The van der Waals surface area contributed by atoms with Crippen molar-refractivity contribution < 1.29 is 9.53 Å². The number of ether oxygens (including phenoxy) is 1. The molecule has 0 amide bonds. The van der Waals surface area contributed by atoms with Crippen LogP contribution in [0.5, 0.6) is 0 Å². The molecule has 1 saturated carbocycles. The lowest BCUT2D eigenvalue weighted by Gasteiger charge is -1.95. The molecular weight excluding hydrogens is 140 g/mol. The Labute approximate surface area is 58.1 Å². The number of fused-ring (bicyclic) bond motifs is 1. The second-order valence-corrected chi connectivity index (χ2v) is 3.07. The first-order valence-corrected chi connectivity index (χ1v) is 3.45. The molecule has 2 unspecified atom stereocenters. The summed E-state index contributed by atoms with van der Waals surface area (Å²) in [5, 5.41) is -0.173. The van der Waals surface area contributed by atoms with Gasteiger partial charge in [-0.1, -0.05) is 0 Å². The summed E-state index contributed by atoms with van der Waals surface area (Å²) in [6, 6.07) is 0. The van der Waals surface area contributed by atoms with Crippen molar-refractivity contribution in [3.8, 4) is 0 Å². The maximum atomic E-state index is 10.5. The van der Waals surface area contributed by atoms with Crippen LogP contribution in [-0.2, 0) is 9.53 Å². The number of carbonyl (C=O) groups is 1. The van der Waals surface area contributed by atoms with Crippen molar-refractivity contribution in [1.82, 2.24) is 0 Å². The molecule has 1 saturated heterocycles. The molecule has 2 fully saturated rings. The minimum absolute atomic E-state index is 0.139. The van der Waals surface area contributed by atoms with Gasteiger partial charge in [-0.15, -0.1) is 0 Å². The van der Waals surface area contributed by atoms with E-state index in [4.69, 9.17) is 16.3 Å². The molecule has 2 nitrogen and oxygen atoms in total. The van der Waals surface area contributed by atoms with Gasteiger partial charge in [0.25, 0.3) is 0 Å². The average Bonchev–Trinajstić information content (AvgIpc) is 2.30.